The summed E-state index contributed by atoms with van der Waals surface area (Å²) in [6.45, 7) is 0.706. The third-order valence-electron chi connectivity index (χ3n) is 4.40. The lowest BCUT2D eigenvalue weighted by Gasteiger charge is -2.06. The molecule has 0 unspecified atom stereocenters. The van der Waals surface area contributed by atoms with E-state index in [1.807, 2.05) is 47.8 Å². The number of ether oxygens (including phenoxy) is 3. The van der Waals surface area contributed by atoms with Gasteiger partial charge in [0.1, 0.15) is 10.8 Å². The predicted molar refractivity (Wildman–Crippen MR) is 107 cm³/mol. The molecular formula is C21H20N2O4S. The number of thiazole rings is 1. The Morgan fingerprint density at radius 1 is 1.21 bits per heavy atom. The molecule has 1 aromatic heterocycles. The zero-order valence-corrected chi connectivity index (χ0v) is 16.3. The molecule has 0 spiro atoms. The lowest BCUT2D eigenvalue weighted by molar-refractivity contribution is -0.121. The van der Waals surface area contributed by atoms with E-state index in [0.717, 1.165) is 39.1 Å². The van der Waals surface area contributed by atoms with Crippen molar-refractivity contribution in [3.8, 4) is 27.8 Å². The Kier molecular flexibility index (Phi) is 5.43. The van der Waals surface area contributed by atoms with E-state index in [9.17, 15) is 4.79 Å². The zero-order chi connectivity index (χ0) is 19.3. The smallest absolute Gasteiger partial charge is 0.231 e. The van der Waals surface area contributed by atoms with E-state index in [1.54, 1.807) is 18.4 Å². The first-order valence-electron chi connectivity index (χ1n) is 8.95. The highest BCUT2D eigenvalue weighted by Gasteiger charge is 2.13. The van der Waals surface area contributed by atoms with Crippen LogP contribution in [0.5, 0.6) is 17.2 Å². The largest absolute Gasteiger partial charge is 0.497 e. The second kappa shape index (κ2) is 8.31. The Hall–Kier alpha value is -3.06. The minimum Gasteiger partial charge on any atom is -0.497 e. The van der Waals surface area contributed by atoms with Crippen LogP contribution < -0.4 is 19.5 Å². The third kappa shape index (κ3) is 4.26. The number of hydrogen-bond donors (Lipinski definition) is 1. The number of methoxy groups -OCH3 is 1. The SMILES string of the molecule is COc1cccc(-c2nc(CCC(=O)NCc3ccc4c(c3)OCO4)cs2)c1. The molecule has 0 saturated carbocycles. The van der Waals surface area contributed by atoms with Crippen molar-refractivity contribution in [1.82, 2.24) is 10.3 Å². The molecule has 7 heteroatoms. The van der Waals surface area contributed by atoms with Crippen LogP contribution in [0.15, 0.2) is 47.8 Å². The molecule has 28 heavy (non-hydrogen) atoms. The summed E-state index contributed by atoms with van der Waals surface area (Å²) in [5, 5.41) is 5.86. The topological polar surface area (TPSA) is 69.7 Å². The van der Waals surface area contributed by atoms with Gasteiger partial charge in [0.25, 0.3) is 0 Å². The number of carbonyl (C=O) groups excluding carboxylic acids is 1. The van der Waals surface area contributed by atoms with Gasteiger partial charge in [0, 0.05) is 23.9 Å². The fourth-order valence-corrected chi connectivity index (χ4v) is 3.74. The Bertz CT molecular complexity index is 986. The molecule has 1 aliphatic rings. The molecule has 4 rings (SSSR count). The number of fused-ring (bicyclic) bond motifs is 1. The lowest BCUT2D eigenvalue weighted by atomic mass is 10.2. The number of hydrogen-bond acceptors (Lipinski definition) is 6. The monoisotopic (exact) mass is 396 g/mol. The Morgan fingerprint density at radius 2 is 2.11 bits per heavy atom. The van der Waals surface area contributed by atoms with E-state index in [-0.39, 0.29) is 12.7 Å². The van der Waals surface area contributed by atoms with Crippen molar-refractivity contribution in [2.75, 3.05) is 13.9 Å². The molecule has 0 bridgehead atoms. The third-order valence-corrected chi connectivity index (χ3v) is 5.34. The number of rotatable bonds is 7. The van der Waals surface area contributed by atoms with Gasteiger partial charge in [-0.25, -0.2) is 4.98 Å². The van der Waals surface area contributed by atoms with Crippen LogP contribution in [0.25, 0.3) is 10.6 Å². The van der Waals surface area contributed by atoms with Gasteiger partial charge >= 0.3 is 0 Å². The second-order valence-corrected chi connectivity index (χ2v) is 7.20. The molecule has 0 aliphatic carbocycles. The summed E-state index contributed by atoms with van der Waals surface area (Å²) >= 11 is 1.57. The number of aromatic nitrogens is 1. The van der Waals surface area contributed by atoms with Gasteiger partial charge in [0.2, 0.25) is 12.7 Å². The number of aryl methyl sites for hydroxylation is 1. The quantitative estimate of drug-likeness (QED) is 0.658. The molecule has 2 heterocycles. The average Bonchev–Trinajstić information content (AvgIpc) is 3.39. The van der Waals surface area contributed by atoms with Gasteiger partial charge in [-0.15, -0.1) is 11.3 Å². The molecule has 0 atom stereocenters. The molecule has 6 nitrogen and oxygen atoms in total. The minimum absolute atomic E-state index is 0.00593. The lowest BCUT2D eigenvalue weighted by Crippen LogP contribution is -2.23. The van der Waals surface area contributed by atoms with Crippen molar-refractivity contribution in [1.29, 1.82) is 0 Å². The number of nitrogens with zero attached hydrogens (tertiary/aromatic N) is 1. The Labute approximate surface area is 167 Å². The van der Waals surface area contributed by atoms with Crippen LogP contribution in [-0.2, 0) is 17.8 Å². The molecule has 0 radical (unpaired) electrons. The maximum absolute atomic E-state index is 12.2. The van der Waals surface area contributed by atoms with Crippen LogP contribution in [0.3, 0.4) is 0 Å². The van der Waals surface area contributed by atoms with Crippen LogP contribution in [0.2, 0.25) is 0 Å². The summed E-state index contributed by atoms with van der Waals surface area (Å²) in [5.41, 5.74) is 2.91. The molecule has 144 valence electrons. The van der Waals surface area contributed by atoms with Gasteiger partial charge in [-0.05, 0) is 36.2 Å². The molecule has 1 amide bonds. The van der Waals surface area contributed by atoms with E-state index in [2.05, 4.69) is 10.3 Å². The summed E-state index contributed by atoms with van der Waals surface area (Å²) in [6.07, 6.45) is 0.999. The standard InChI is InChI=1S/C21H20N2O4S/c1-25-17-4-2-3-15(10-17)21-23-16(12-28-21)6-8-20(24)22-11-14-5-7-18-19(9-14)27-13-26-18/h2-5,7,9-10,12H,6,8,11,13H2,1H3,(H,22,24). The van der Waals surface area contributed by atoms with E-state index in [0.29, 0.717) is 19.4 Å². The van der Waals surface area contributed by atoms with Gasteiger partial charge < -0.3 is 19.5 Å². The highest BCUT2D eigenvalue weighted by molar-refractivity contribution is 7.13. The first kappa shape index (κ1) is 18.3. The van der Waals surface area contributed by atoms with Crippen molar-refractivity contribution >= 4 is 17.2 Å². The zero-order valence-electron chi connectivity index (χ0n) is 15.4. The predicted octanol–water partition coefficient (Wildman–Crippen LogP) is 3.80. The van der Waals surface area contributed by atoms with Gasteiger partial charge in [0.05, 0.1) is 12.8 Å². The number of nitrogens with one attached hydrogen (secondary N) is 1. The van der Waals surface area contributed by atoms with Crippen molar-refractivity contribution in [2.24, 2.45) is 0 Å². The fraction of sp³-hybridized carbons (Fsp3) is 0.238. The summed E-state index contributed by atoms with van der Waals surface area (Å²) in [7, 11) is 1.65. The average molecular weight is 396 g/mol. The number of amides is 1. The molecule has 2 aromatic carbocycles. The van der Waals surface area contributed by atoms with Crippen molar-refractivity contribution in [3.05, 3.63) is 59.1 Å². The molecule has 1 aliphatic heterocycles. The maximum Gasteiger partial charge on any atom is 0.231 e. The number of benzene rings is 2. The fourth-order valence-electron chi connectivity index (χ4n) is 2.89. The summed E-state index contributed by atoms with van der Waals surface area (Å²) < 4.78 is 15.9. The van der Waals surface area contributed by atoms with Crippen LogP contribution in [0.1, 0.15) is 17.7 Å². The van der Waals surface area contributed by atoms with Crippen molar-refractivity contribution in [2.45, 2.75) is 19.4 Å². The normalized spacial score (nSPS) is 12.0. The van der Waals surface area contributed by atoms with Gasteiger partial charge in [0.15, 0.2) is 11.5 Å². The first-order chi connectivity index (χ1) is 13.7. The number of carbonyl (C=O) groups is 1. The molecule has 3 aromatic rings. The molecule has 1 N–H and O–H groups in total. The van der Waals surface area contributed by atoms with E-state index in [4.69, 9.17) is 14.2 Å². The molecular weight excluding hydrogens is 376 g/mol. The maximum atomic E-state index is 12.2. The van der Waals surface area contributed by atoms with E-state index >= 15 is 0 Å². The molecule has 0 fully saturated rings. The summed E-state index contributed by atoms with van der Waals surface area (Å²) in [6, 6.07) is 13.5. The van der Waals surface area contributed by atoms with E-state index < -0.39 is 0 Å². The van der Waals surface area contributed by atoms with Crippen LogP contribution in [0.4, 0.5) is 0 Å². The minimum atomic E-state index is -0.00593. The van der Waals surface area contributed by atoms with Crippen LogP contribution >= 0.6 is 11.3 Å². The van der Waals surface area contributed by atoms with Crippen molar-refractivity contribution in [3.63, 3.8) is 0 Å². The van der Waals surface area contributed by atoms with Gasteiger partial charge in [-0.2, -0.15) is 0 Å². The van der Waals surface area contributed by atoms with Crippen LogP contribution in [-0.4, -0.2) is 24.8 Å². The van der Waals surface area contributed by atoms with Gasteiger partial charge in [-0.3, -0.25) is 4.79 Å². The van der Waals surface area contributed by atoms with Gasteiger partial charge in [-0.1, -0.05) is 18.2 Å². The van der Waals surface area contributed by atoms with Crippen molar-refractivity contribution < 1.29 is 19.0 Å². The summed E-state index contributed by atoms with van der Waals surface area (Å²) in [4.78, 5) is 16.8. The highest BCUT2D eigenvalue weighted by atomic mass is 32.1. The Balaban J connectivity index is 1.28. The van der Waals surface area contributed by atoms with E-state index in [1.165, 1.54) is 0 Å². The van der Waals surface area contributed by atoms with Crippen LogP contribution in [0, 0.1) is 0 Å². The second-order valence-electron chi connectivity index (χ2n) is 6.34. The molecule has 0 saturated heterocycles. The Morgan fingerprint density at radius 3 is 3.00 bits per heavy atom. The summed E-state index contributed by atoms with van der Waals surface area (Å²) in [5.74, 6) is 2.26. The highest BCUT2D eigenvalue weighted by Crippen LogP contribution is 2.32. The first-order valence-corrected chi connectivity index (χ1v) is 9.83.